The Hall–Kier alpha value is -2.41. The summed E-state index contributed by atoms with van der Waals surface area (Å²) in [5.74, 6) is -0.318. The van der Waals surface area contributed by atoms with Crippen molar-refractivity contribution in [3.8, 4) is 0 Å². The van der Waals surface area contributed by atoms with Crippen LogP contribution >= 0.6 is 0 Å². The first-order valence-electron chi connectivity index (χ1n) is 8.64. The zero-order valence-electron chi connectivity index (χ0n) is 14.4. The van der Waals surface area contributed by atoms with E-state index in [1.807, 2.05) is 30.3 Å². The Morgan fingerprint density at radius 2 is 2.08 bits per heavy atom. The molecule has 2 heterocycles. The van der Waals surface area contributed by atoms with E-state index in [-0.39, 0.29) is 17.7 Å². The molecule has 0 bridgehead atoms. The summed E-state index contributed by atoms with van der Waals surface area (Å²) in [6.07, 6.45) is 1.75. The lowest BCUT2D eigenvalue weighted by Crippen LogP contribution is -2.56. The zero-order chi connectivity index (χ0) is 17.9. The number of amides is 4. The monoisotopic (exact) mass is 344 g/mol. The summed E-state index contributed by atoms with van der Waals surface area (Å²) >= 11 is 0. The Balaban J connectivity index is 1.52. The first-order valence-corrected chi connectivity index (χ1v) is 8.64. The summed E-state index contributed by atoms with van der Waals surface area (Å²) in [6, 6.07) is 9.33. The largest absolute Gasteiger partial charge is 0.351 e. The van der Waals surface area contributed by atoms with Gasteiger partial charge in [0.15, 0.2) is 0 Å². The summed E-state index contributed by atoms with van der Waals surface area (Å²) in [6.45, 7) is 4.00. The van der Waals surface area contributed by atoms with Gasteiger partial charge < -0.3 is 10.6 Å². The van der Waals surface area contributed by atoms with Gasteiger partial charge in [0.1, 0.15) is 5.54 Å². The number of hydrogen-bond donors (Lipinski definition) is 3. The lowest BCUT2D eigenvalue weighted by molar-refractivity contribution is -0.126. The molecule has 7 heteroatoms. The highest BCUT2D eigenvalue weighted by molar-refractivity contribution is 6.07. The van der Waals surface area contributed by atoms with E-state index < -0.39 is 11.6 Å². The number of rotatable bonds is 5. The molecule has 0 spiro atoms. The predicted molar refractivity (Wildman–Crippen MR) is 92.5 cm³/mol. The Bertz CT molecular complexity index is 664. The minimum atomic E-state index is -0.893. The molecule has 3 N–H and O–H groups in total. The van der Waals surface area contributed by atoms with Crippen molar-refractivity contribution >= 4 is 17.8 Å². The molecule has 0 unspecified atom stereocenters. The Morgan fingerprint density at radius 1 is 1.32 bits per heavy atom. The minimum absolute atomic E-state index is 0.00498. The van der Waals surface area contributed by atoms with Gasteiger partial charge in [-0.1, -0.05) is 30.3 Å². The number of nitrogens with zero attached hydrogens (tertiary/aromatic N) is 1. The van der Waals surface area contributed by atoms with Gasteiger partial charge in [0.05, 0.1) is 6.54 Å². The van der Waals surface area contributed by atoms with E-state index in [2.05, 4.69) is 20.9 Å². The standard InChI is InChI=1S/C18H24N4O3/c1-18(16(24)20-17(25)21-18)14-8-5-9-22(11-14)12-15(23)19-10-13-6-3-2-4-7-13/h2-4,6-7,14H,5,8-12H2,1H3,(H,19,23)(H2,20,21,24,25)/t14-,18-/m0/s1. The molecule has 2 aliphatic rings. The average Bonchev–Trinajstić information content (AvgIpc) is 2.87. The molecule has 4 amide bonds. The summed E-state index contributed by atoms with van der Waals surface area (Å²) in [7, 11) is 0. The number of carbonyl (C=O) groups is 3. The maximum atomic E-state index is 12.2. The second-order valence-electron chi connectivity index (χ2n) is 6.95. The van der Waals surface area contributed by atoms with Crippen LogP contribution in [0.4, 0.5) is 4.79 Å². The minimum Gasteiger partial charge on any atom is -0.351 e. The number of piperidine rings is 1. The van der Waals surface area contributed by atoms with Crippen LogP contribution in [0.1, 0.15) is 25.3 Å². The van der Waals surface area contributed by atoms with Crippen molar-refractivity contribution in [1.82, 2.24) is 20.9 Å². The molecule has 0 saturated carbocycles. The molecular formula is C18H24N4O3. The van der Waals surface area contributed by atoms with Crippen LogP contribution in [-0.2, 0) is 16.1 Å². The summed E-state index contributed by atoms with van der Waals surface area (Å²) in [5, 5.41) is 7.98. The molecule has 7 nitrogen and oxygen atoms in total. The van der Waals surface area contributed by atoms with Crippen LogP contribution in [0.3, 0.4) is 0 Å². The third-order valence-electron chi connectivity index (χ3n) is 5.09. The highest BCUT2D eigenvalue weighted by Gasteiger charge is 2.48. The van der Waals surface area contributed by atoms with Crippen molar-refractivity contribution in [2.75, 3.05) is 19.6 Å². The maximum absolute atomic E-state index is 12.2. The van der Waals surface area contributed by atoms with Crippen molar-refractivity contribution in [2.45, 2.75) is 31.8 Å². The van der Waals surface area contributed by atoms with E-state index in [1.165, 1.54) is 0 Å². The van der Waals surface area contributed by atoms with E-state index in [1.54, 1.807) is 6.92 Å². The summed E-state index contributed by atoms with van der Waals surface area (Å²) < 4.78 is 0. The molecule has 1 aromatic rings. The number of imide groups is 1. The number of benzene rings is 1. The number of carbonyl (C=O) groups excluding carboxylic acids is 3. The van der Waals surface area contributed by atoms with Crippen molar-refractivity contribution in [3.63, 3.8) is 0 Å². The molecule has 3 rings (SSSR count). The van der Waals surface area contributed by atoms with E-state index in [0.717, 1.165) is 24.9 Å². The van der Waals surface area contributed by atoms with Crippen LogP contribution in [0.15, 0.2) is 30.3 Å². The van der Waals surface area contributed by atoms with Gasteiger partial charge >= 0.3 is 6.03 Å². The van der Waals surface area contributed by atoms with Crippen LogP contribution < -0.4 is 16.0 Å². The number of likely N-dealkylation sites (tertiary alicyclic amines) is 1. The van der Waals surface area contributed by atoms with Crippen LogP contribution in [0.2, 0.25) is 0 Å². The first-order chi connectivity index (χ1) is 12.0. The number of hydrogen-bond acceptors (Lipinski definition) is 4. The summed E-state index contributed by atoms with van der Waals surface area (Å²) in [5.41, 5.74) is 0.168. The summed E-state index contributed by atoms with van der Waals surface area (Å²) in [4.78, 5) is 37.8. The lowest BCUT2D eigenvalue weighted by atomic mass is 9.80. The fourth-order valence-corrected chi connectivity index (χ4v) is 3.57. The molecular weight excluding hydrogens is 320 g/mol. The van der Waals surface area contributed by atoms with Crippen molar-refractivity contribution < 1.29 is 14.4 Å². The van der Waals surface area contributed by atoms with Gasteiger partial charge in [0.2, 0.25) is 5.91 Å². The van der Waals surface area contributed by atoms with Crippen LogP contribution in [0.25, 0.3) is 0 Å². The van der Waals surface area contributed by atoms with Crippen molar-refractivity contribution in [2.24, 2.45) is 5.92 Å². The molecule has 2 saturated heterocycles. The fraction of sp³-hybridized carbons (Fsp3) is 0.500. The molecule has 25 heavy (non-hydrogen) atoms. The molecule has 134 valence electrons. The van der Waals surface area contributed by atoms with Crippen molar-refractivity contribution in [1.29, 1.82) is 0 Å². The molecule has 0 aliphatic carbocycles. The predicted octanol–water partition coefficient (Wildman–Crippen LogP) is 0.613. The highest BCUT2D eigenvalue weighted by atomic mass is 16.2. The molecule has 2 fully saturated rings. The second kappa shape index (κ2) is 7.23. The smallest absolute Gasteiger partial charge is 0.322 e. The topological polar surface area (TPSA) is 90.5 Å². The van der Waals surface area contributed by atoms with E-state index in [4.69, 9.17) is 0 Å². The van der Waals surface area contributed by atoms with Crippen LogP contribution in [-0.4, -0.2) is 47.9 Å². The van der Waals surface area contributed by atoms with E-state index in [9.17, 15) is 14.4 Å². The SMILES string of the molecule is C[C@@]1([C@H]2CCCN(CC(=O)NCc3ccccc3)C2)NC(=O)NC1=O. The molecule has 0 radical (unpaired) electrons. The zero-order valence-corrected chi connectivity index (χ0v) is 14.4. The molecule has 1 aromatic carbocycles. The highest BCUT2D eigenvalue weighted by Crippen LogP contribution is 2.29. The van der Waals surface area contributed by atoms with Crippen LogP contribution in [0.5, 0.6) is 0 Å². The third kappa shape index (κ3) is 3.99. The molecule has 2 aliphatic heterocycles. The first kappa shape index (κ1) is 17.4. The van der Waals surface area contributed by atoms with Gasteiger partial charge in [-0.15, -0.1) is 0 Å². The third-order valence-corrected chi connectivity index (χ3v) is 5.09. The van der Waals surface area contributed by atoms with Gasteiger partial charge in [-0.2, -0.15) is 0 Å². The van der Waals surface area contributed by atoms with Gasteiger partial charge in [0.25, 0.3) is 5.91 Å². The Kier molecular flexibility index (Phi) is 5.03. The average molecular weight is 344 g/mol. The molecule has 0 aromatic heterocycles. The normalized spacial score (nSPS) is 26.8. The number of urea groups is 1. The Labute approximate surface area is 147 Å². The Morgan fingerprint density at radius 3 is 2.76 bits per heavy atom. The number of nitrogens with one attached hydrogen (secondary N) is 3. The lowest BCUT2D eigenvalue weighted by Gasteiger charge is -2.39. The quantitative estimate of drug-likeness (QED) is 0.683. The molecule has 2 atom stereocenters. The maximum Gasteiger partial charge on any atom is 0.322 e. The fourth-order valence-electron chi connectivity index (χ4n) is 3.57. The van der Waals surface area contributed by atoms with Gasteiger partial charge in [0, 0.05) is 19.0 Å². The van der Waals surface area contributed by atoms with E-state index >= 15 is 0 Å². The van der Waals surface area contributed by atoms with Crippen LogP contribution in [0, 0.1) is 5.92 Å². The van der Waals surface area contributed by atoms with Gasteiger partial charge in [-0.3, -0.25) is 19.8 Å². The second-order valence-corrected chi connectivity index (χ2v) is 6.95. The van der Waals surface area contributed by atoms with Gasteiger partial charge in [-0.25, -0.2) is 4.79 Å². The van der Waals surface area contributed by atoms with E-state index in [0.29, 0.717) is 19.6 Å². The van der Waals surface area contributed by atoms with Gasteiger partial charge in [-0.05, 0) is 31.9 Å². The van der Waals surface area contributed by atoms with Crippen molar-refractivity contribution in [3.05, 3.63) is 35.9 Å².